The van der Waals surface area contributed by atoms with Gasteiger partial charge in [0.05, 0.1) is 0 Å². The quantitative estimate of drug-likeness (QED) is 0.886. The Labute approximate surface area is 125 Å². The molecular weight excluding hydrogens is 264 g/mol. The minimum atomic E-state index is -0.103. The van der Waals surface area contributed by atoms with Gasteiger partial charge in [0.2, 0.25) is 0 Å². The van der Waals surface area contributed by atoms with Crippen molar-refractivity contribution in [2.75, 3.05) is 25.5 Å². The van der Waals surface area contributed by atoms with Crippen LogP contribution in [0.3, 0.4) is 0 Å². The molecule has 110 valence electrons. The summed E-state index contributed by atoms with van der Waals surface area (Å²) in [6.45, 7) is 0.489. The van der Waals surface area contributed by atoms with Crippen molar-refractivity contribution in [2.45, 2.75) is 6.42 Å². The summed E-state index contributed by atoms with van der Waals surface area (Å²) in [6, 6.07) is 14.6. The Morgan fingerprint density at radius 3 is 2.62 bits per heavy atom. The molecule has 0 fully saturated rings. The van der Waals surface area contributed by atoms with E-state index in [2.05, 4.69) is 5.32 Å². The van der Waals surface area contributed by atoms with Gasteiger partial charge in [-0.15, -0.1) is 0 Å². The van der Waals surface area contributed by atoms with E-state index in [1.165, 1.54) is 0 Å². The SMILES string of the molecule is CN(C)c1cccc(C(=O)NCCc2ccccc2O)c1. The lowest BCUT2D eigenvalue weighted by Crippen LogP contribution is -2.26. The number of phenols is 1. The van der Waals surface area contributed by atoms with Crippen LogP contribution >= 0.6 is 0 Å². The molecule has 0 bridgehead atoms. The summed E-state index contributed by atoms with van der Waals surface area (Å²) in [5.74, 6) is 0.162. The molecule has 0 aliphatic heterocycles. The zero-order valence-corrected chi connectivity index (χ0v) is 12.3. The first-order valence-corrected chi connectivity index (χ1v) is 6.90. The second kappa shape index (κ2) is 6.79. The van der Waals surface area contributed by atoms with E-state index >= 15 is 0 Å². The molecule has 0 radical (unpaired) electrons. The third-order valence-electron chi connectivity index (χ3n) is 3.30. The van der Waals surface area contributed by atoms with E-state index in [4.69, 9.17) is 0 Å². The van der Waals surface area contributed by atoms with Crippen molar-refractivity contribution in [1.82, 2.24) is 5.32 Å². The van der Waals surface area contributed by atoms with Crippen LogP contribution in [-0.2, 0) is 6.42 Å². The van der Waals surface area contributed by atoms with Gasteiger partial charge in [-0.25, -0.2) is 0 Å². The van der Waals surface area contributed by atoms with Crippen molar-refractivity contribution in [3.8, 4) is 5.75 Å². The Balaban J connectivity index is 1.93. The van der Waals surface area contributed by atoms with E-state index in [0.29, 0.717) is 18.5 Å². The summed E-state index contributed by atoms with van der Waals surface area (Å²) < 4.78 is 0. The molecule has 0 atom stereocenters. The first-order chi connectivity index (χ1) is 10.1. The number of carbonyl (C=O) groups is 1. The smallest absolute Gasteiger partial charge is 0.251 e. The van der Waals surface area contributed by atoms with Gasteiger partial charge in [-0.2, -0.15) is 0 Å². The average molecular weight is 284 g/mol. The number of hydrogen-bond donors (Lipinski definition) is 2. The lowest BCUT2D eigenvalue weighted by Gasteiger charge is -2.13. The Morgan fingerprint density at radius 2 is 1.90 bits per heavy atom. The molecule has 2 N–H and O–H groups in total. The average Bonchev–Trinajstić information content (AvgIpc) is 2.49. The minimum Gasteiger partial charge on any atom is -0.508 e. The van der Waals surface area contributed by atoms with Gasteiger partial charge in [-0.1, -0.05) is 24.3 Å². The minimum absolute atomic E-state index is 0.103. The molecule has 0 aromatic heterocycles. The van der Waals surface area contributed by atoms with Crippen LogP contribution in [0.1, 0.15) is 15.9 Å². The molecule has 0 saturated carbocycles. The topological polar surface area (TPSA) is 52.6 Å². The number of para-hydroxylation sites is 1. The highest BCUT2D eigenvalue weighted by molar-refractivity contribution is 5.95. The molecule has 1 amide bonds. The summed E-state index contributed by atoms with van der Waals surface area (Å²) >= 11 is 0. The number of nitrogens with one attached hydrogen (secondary N) is 1. The van der Waals surface area contributed by atoms with E-state index in [-0.39, 0.29) is 11.7 Å². The number of nitrogens with zero attached hydrogens (tertiary/aromatic N) is 1. The lowest BCUT2D eigenvalue weighted by atomic mass is 10.1. The summed E-state index contributed by atoms with van der Waals surface area (Å²) in [6.07, 6.45) is 0.603. The van der Waals surface area contributed by atoms with Gasteiger partial charge in [0.25, 0.3) is 5.91 Å². The first kappa shape index (κ1) is 14.9. The number of anilines is 1. The number of rotatable bonds is 5. The number of hydrogen-bond acceptors (Lipinski definition) is 3. The Hall–Kier alpha value is -2.49. The van der Waals surface area contributed by atoms with Crippen LogP contribution in [-0.4, -0.2) is 31.7 Å². The molecule has 0 saturated heterocycles. The molecule has 0 aliphatic carbocycles. The predicted molar refractivity (Wildman–Crippen MR) is 84.9 cm³/mol. The number of benzene rings is 2. The maximum absolute atomic E-state index is 12.1. The molecule has 4 nitrogen and oxygen atoms in total. The molecule has 2 aromatic carbocycles. The Bertz CT molecular complexity index is 624. The standard InChI is InChI=1S/C17H20N2O2/c1-19(2)15-8-5-7-14(12-15)17(21)18-11-10-13-6-3-4-9-16(13)20/h3-9,12,20H,10-11H2,1-2H3,(H,18,21). The highest BCUT2D eigenvalue weighted by Gasteiger charge is 2.07. The largest absolute Gasteiger partial charge is 0.508 e. The van der Waals surface area contributed by atoms with Crippen molar-refractivity contribution in [3.63, 3.8) is 0 Å². The number of amides is 1. The molecule has 4 heteroatoms. The second-order valence-corrected chi connectivity index (χ2v) is 5.08. The molecule has 0 spiro atoms. The van der Waals surface area contributed by atoms with Crippen LogP contribution in [0.5, 0.6) is 5.75 Å². The van der Waals surface area contributed by atoms with E-state index in [0.717, 1.165) is 11.3 Å². The van der Waals surface area contributed by atoms with E-state index in [9.17, 15) is 9.90 Å². The molecule has 0 heterocycles. The van der Waals surface area contributed by atoms with Gasteiger partial charge < -0.3 is 15.3 Å². The Morgan fingerprint density at radius 1 is 1.14 bits per heavy atom. The van der Waals surface area contributed by atoms with Gasteiger partial charge in [0.15, 0.2) is 0 Å². The van der Waals surface area contributed by atoms with Gasteiger partial charge in [0.1, 0.15) is 5.75 Å². The molecular formula is C17H20N2O2. The third-order valence-corrected chi connectivity index (χ3v) is 3.30. The molecule has 21 heavy (non-hydrogen) atoms. The Kier molecular flexibility index (Phi) is 4.82. The second-order valence-electron chi connectivity index (χ2n) is 5.08. The van der Waals surface area contributed by atoms with Crippen molar-refractivity contribution >= 4 is 11.6 Å². The summed E-state index contributed by atoms with van der Waals surface area (Å²) in [5.41, 5.74) is 2.46. The van der Waals surface area contributed by atoms with Gasteiger partial charge >= 0.3 is 0 Å². The van der Waals surface area contributed by atoms with Crippen LogP contribution in [0.25, 0.3) is 0 Å². The maximum Gasteiger partial charge on any atom is 0.251 e. The van der Waals surface area contributed by atoms with Crippen molar-refractivity contribution < 1.29 is 9.90 Å². The molecule has 0 unspecified atom stereocenters. The predicted octanol–water partition coefficient (Wildman–Crippen LogP) is 2.43. The van der Waals surface area contributed by atoms with Gasteiger partial charge in [-0.05, 0) is 36.2 Å². The highest BCUT2D eigenvalue weighted by Crippen LogP contribution is 2.16. The van der Waals surface area contributed by atoms with E-state index in [1.807, 2.05) is 49.3 Å². The zero-order valence-electron chi connectivity index (χ0n) is 12.3. The van der Waals surface area contributed by atoms with Crippen LogP contribution < -0.4 is 10.2 Å². The van der Waals surface area contributed by atoms with Crippen LogP contribution in [0.15, 0.2) is 48.5 Å². The van der Waals surface area contributed by atoms with E-state index in [1.54, 1.807) is 18.2 Å². The van der Waals surface area contributed by atoms with Gasteiger partial charge in [0, 0.05) is 31.9 Å². The highest BCUT2D eigenvalue weighted by atomic mass is 16.3. The first-order valence-electron chi connectivity index (χ1n) is 6.90. The van der Waals surface area contributed by atoms with Gasteiger partial charge in [-0.3, -0.25) is 4.79 Å². The van der Waals surface area contributed by atoms with Crippen molar-refractivity contribution in [3.05, 3.63) is 59.7 Å². The van der Waals surface area contributed by atoms with Crippen molar-refractivity contribution in [1.29, 1.82) is 0 Å². The fourth-order valence-corrected chi connectivity index (χ4v) is 2.06. The zero-order chi connectivity index (χ0) is 15.2. The summed E-state index contributed by atoms with van der Waals surface area (Å²) in [7, 11) is 3.88. The number of phenolic OH excluding ortho intramolecular Hbond substituents is 1. The van der Waals surface area contributed by atoms with Crippen LogP contribution in [0, 0.1) is 0 Å². The number of carbonyl (C=O) groups excluding carboxylic acids is 1. The van der Waals surface area contributed by atoms with E-state index < -0.39 is 0 Å². The molecule has 0 aliphatic rings. The van der Waals surface area contributed by atoms with Crippen molar-refractivity contribution in [2.24, 2.45) is 0 Å². The lowest BCUT2D eigenvalue weighted by molar-refractivity contribution is 0.0954. The molecule has 2 aromatic rings. The third kappa shape index (κ3) is 3.99. The normalized spacial score (nSPS) is 10.2. The fourth-order valence-electron chi connectivity index (χ4n) is 2.06. The number of aromatic hydroxyl groups is 1. The maximum atomic E-state index is 12.1. The van der Waals surface area contributed by atoms with Crippen LogP contribution in [0.2, 0.25) is 0 Å². The fraction of sp³-hybridized carbons (Fsp3) is 0.235. The summed E-state index contributed by atoms with van der Waals surface area (Å²) in [4.78, 5) is 14.1. The summed E-state index contributed by atoms with van der Waals surface area (Å²) in [5, 5.41) is 12.5. The van der Waals surface area contributed by atoms with Crippen LogP contribution in [0.4, 0.5) is 5.69 Å². The molecule has 2 rings (SSSR count). The monoisotopic (exact) mass is 284 g/mol.